The molecule has 0 saturated heterocycles. The van der Waals surface area contributed by atoms with E-state index in [-0.39, 0.29) is 11.7 Å². The quantitative estimate of drug-likeness (QED) is 0.669. The summed E-state index contributed by atoms with van der Waals surface area (Å²) in [6.07, 6.45) is 3.78. The van der Waals surface area contributed by atoms with Crippen LogP contribution in [-0.2, 0) is 16.0 Å². The SMILES string of the molecule is O=C(/C=C/c1ccccc1)OCCc1ccc(O)cc1. The number of phenols is 1. The van der Waals surface area contributed by atoms with E-state index in [9.17, 15) is 4.79 Å². The van der Waals surface area contributed by atoms with Crippen molar-refractivity contribution < 1.29 is 14.6 Å². The Balaban J connectivity index is 1.75. The van der Waals surface area contributed by atoms with Crippen molar-refractivity contribution in [3.63, 3.8) is 0 Å². The Bertz CT molecular complexity index is 571. The minimum atomic E-state index is -0.354. The van der Waals surface area contributed by atoms with E-state index in [2.05, 4.69) is 0 Å². The summed E-state index contributed by atoms with van der Waals surface area (Å²) >= 11 is 0. The highest BCUT2D eigenvalue weighted by atomic mass is 16.5. The number of esters is 1. The third-order valence-electron chi connectivity index (χ3n) is 2.78. The Labute approximate surface area is 118 Å². The lowest BCUT2D eigenvalue weighted by Crippen LogP contribution is -2.04. The smallest absolute Gasteiger partial charge is 0.330 e. The van der Waals surface area contributed by atoms with Crippen molar-refractivity contribution in [1.82, 2.24) is 0 Å². The average Bonchev–Trinajstić information content (AvgIpc) is 2.48. The van der Waals surface area contributed by atoms with Crippen LogP contribution in [0.4, 0.5) is 0 Å². The van der Waals surface area contributed by atoms with E-state index >= 15 is 0 Å². The van der Waals surface area contributed by atoms with Crippen molar-refractivity contribution in [2.24, 2.45) is 0 Å². The van der Waals surface area contributed by atoms with Gasteiger partial charge in [-0.1, -0.05) is 42.5 Å². The Morgan fingerprint density at radius 3 is 2.45 bits per heavy atom. The largest absolute Gasteiger partial charge is 0.508 e. The summed E-state index contributed by atoms with van der Waals surface area (Å²) < 4.78 is 5.11. The van der Waals surface area contributed by atoms with Crippen LogP contribution in [-0.4, -0.2) is 17.7 Å². The highest BCUT2D eigenvalue weighted by molar-refractivity contribution is 5.87. The molecule has 20 heavy (non-hydrogen) atoms. The summed E-state index contributed by atoms with van der Waals surface area (Å²) in [6.45, 7) is 0.322. The Morgan fingerprint density at radius 1 is 1.05 bits per heavy atom. The van der Waals surface area contributed by atoms with Gasteiger partial charge in [0.25, 0.3) is 0 Å². The van der Waals surface area contributed by atoms with Crippen LogP contribution in [0.25, 0.3) is 6.08 Å². The van der Waals surface area contributed by atoms with E-state index in [1.54, 1.807) is 18.2 Å². The zero-order chi connectivity index (χ0) is 14.2. The highest BCUT2D eigenvalue weighted by Gasteiger charge is 1.98. The molecular weight excluding hydrogens is 252 g/mol. The summed E-state index contributed by atoms with van der Waals surface area (Å²) in [6, 6.07) is 16.4. The van der Waals surface area contributed by atoms with Crippen LogP contribution in [0.15, 0.2) is 60.7 Å². The molecule has 0 aliphatic heterocycles. The van der Waals surface area contributed by atoms with E-state index in [0.29, 0.717) is 13.0 Å². The van der Waals surface area contributed by atoms with Crippen molar-refractivity contribution in [1.29, 1.82) is 0 Å². The molecule has 0 aliphatic carbocycles. The molecule has 0 heterocycles. The van der Waals surface area contributed by atoms with Crippen LogP contribution in [0.3, 0.4) is 0 Å². The van der Waals surface area contributed by atoms with E-state index in [0.717, 1.165) is 11.1 Å². The van der Waals surface area contributed by atoms with Gasteiger partial charge in [0.2, 0.25) is 0 Å². The minimum absolute atomic E-state index is 0.233. The normalized spacial score (nSPS) is 10.6. The number of aromatic hydroxyl groups is 1. The number of hydrogen-bond donors (Lipinski definition) is 1. The van der Waals surface area contributed by atoms with E-state index in [1.165, 1.54) is 6.08 Å². The molecule has 1 N–H and O–H groups in total. The van der Waals surface area contributed by atoms with Crippen LogP contribution in [0.1, 0.15) is 11.1 Å². The summed E-state index contributed by atoms with van der Waals surface area (Å²) in [7, 11) is 0. The van der Waals surface area contributed by atoms with Gasteiger partial charge in [-0.15, -0.1) is 0 Å². The van der Waals surface area contributed by atoms with E-state index in [4.69, 9.17) is 9.84 Å². The van der Waals surface area contributed by atoms with Gasteiger partial charge in [0.05, 0.1) is 6.61 Å². The second-order valence-corrected chi connectivity index (χ2v) is 4.33. The number of benzene rings is 2. The molecule has 0 amide bonds. The van der Waals surface area contributed by atoms with Gasteiger partial charge >= 0.3 is 5.97 Å². The van der Waals surface area contributed by atoms with Gasteiger partial charge in [-0.2, -0.15) is 0 Å². The van der Waals surface area contributed by atoms with Crippen molar-refractivity contribution in [2.45, 2.75) is 6.42 Å². The van der Waals surface area contributed by atoms with Gasteiger partial charge in [-0.25, -0.2) is 4.79 Å². The lowest BCUT2D eigenvalue weighted by Gasteiger charge is -2.02. The standard InChI is InChI=1S/C17H16O3/c18-16-9-6-15(7-10-16)12-13-20-17(19)11-8-14-4-2-1-3-5-14/h1-11,18H,12-13H2/b11-8+. The fourth-order valence-electron chi connectivity index (χ4n) is 1.71. The predicted octanol–water partition coefficient (Wildman–Crippen LogP) is 3.19. The molecule has 0 radical (unpaired) electrons. The molecule has 0 spiro atoms. The number of rotatable bonds is 5. The number of phenolic OH excluding ortho intramolecular Hbond substituents is 1. The van der Waals surface area contributed by atoms with Gasteiger partial charge in [-0.05, 0) is 29.3 Å². The van der Waals surface area contributed by atoms with Crippen LogP contribution in [0.5, 0.6) is 5.75 Å². The molecule has 0 bridgehead atoms. The maximum absolute atomic E-state index is 11.5. The lowest BCUT2D eigenvalue weighted by molar-refractivity contribution is -0.137. The van der Waals surface area contributed by atoms with Crippen LogP contribution in [0, 0.1) is 0 Å². The molecule has 2 aromatic rings. The van der Waals surface area contributed by atoms with Crippen molar-refractivity contribution in [3.05, 3.63) is 71.8 Å². The summed E-state index contributed by atoms with van der Waals surface area (Å²) in [5, 5.41) is 9.15. The van der Waals surface area contributed by atoms with Gasteiger partial charge < -0.3 is 9.84 Å². The molecule has 0 aliphatic rings. The third kappa shape index (κ3) is 4.61. The summed E-state index contributed by atoms with van der Waals surface area (Å²) in [5.74, 6) is -0.121. The summed E-state index contributed by atoms with van der Waals surface area (Å²) in [5.41, 5.74) is 1.98. The Kier molecular flexibility index (Phi) is 4.95. The third-order valence-corrected chi connectivity index (χ3v) is 2.78. The highest BCUT2D eigenvalue weighted by Crippen LogP contribution is 2.10. The minimum Gasteiger partial charge on any atom is -0.508 e. The second kappa shape index (κ2) is 7.14. The first-order valence-corrected chi connectivity index (χ1v) is 6.42. The molecular formula is C17H16O3. The van der Waals surface area contributed by atoms with Gasteiger partial charge in [0.1, 0.15) is 5.75 Å². The molecule has 3 nitrogen and oxygen atoms in total. The molecule has 3 heteroatoms. The van der Waals surface area contributed by atoms with E-state index in [1.807, 2.05) is 42.5 Å². The maximum Gasteiger partial charge on any atom is 0.330 e. The topological polar surface area (TPSA) is 46.5 Å². The second-order valence-electron chi connectivity index (χ2n) is 4.33. The van der Waals surface area contributed by atoms with Gasteiger partial charge in [-0.3, -0.25) is 0 Å². The van der Waals surface area contributed by atoms with Crippen LogP contribution >= 0.6 is 0 Å². The number of carbonyl (C=O) groups is 1. The fraction of sp³-hybridized carbons (Fsp3) is 0.118. The maximum atomic E-state index is 11.5. The predicted molar refractivity (Wildman–Crippen MR) is 78.2 cm³/mol. The zero-order valence-electron chi connectivity index (χ0n) is 11.0. The van der Waals surface area contributed by atoms with Crippen molar-refractivity contribution >= 4 is 12.0 Å². The number of hydrogen-bond acceptors (Lipinski definition) is 3. The lowest BCUT2D eigenvalue weighted by atomic mass is 10.1. The number of ether oxygens (including phenoxy) is 1. The first-order valence-electron chi connectivity index (χ1n) is 6.42. The van der Waals surface area contributed by atoms with Crippen molar-refractivity contribution in [3.8, 4) is 5.75 Å². The Hall–Kier alpha value is -2.55. The average molecular weight is 268 g/mol. The monoisotopic (exact) mass is 268 g/mol. The van der Waals surface area contributed by atoms with E-state index < -0.39 is 0 Å². The first-order chi connectivity index (χ1) is 9.74. The van der Waals surface area contributed by atoms with Crippen LogP contribution in [0.2, 0.25) is 0 Å². The molecule has 0 saturated carbocycles. The van der Waals surface area contributed by atoms with Gasteiger partial charge in [0.15, 0.2) is 0 Å². The zero-order valence-corrected chi connectivity index (χ0v) is 11.0. The fourth-order valence-corrected chi connectivity index (χ4v) is 1.71. The molecule has 2 aromatic carbocycles. The van der Waals surface area contributed by atoms with Gasteiger partial charge in [0, 0.05) is 12.5 Å². The molecule has 0 atom stereocenters. The van der Waals surface area contributed by atoms with Crippen molar-refractivity contribution in [2.75, 3.05) is 6.61 Å². The molecule has 102 valence electrons. The molecule has 0 unspecified atom stereocenters. The molecule has 0 aromatic heterocycles. The molecule has 2 rings (SSSR count). The van der Waals surface area contributed by atoms with Crippen LogP contribution < -0.4 is 0 Å². The molecule has 0 fully saturated rings. The first kappa shape index (κ1) is 13.9. The Morgan fingerprint density at radius 2 is 1.75 bits per heavy atom. The number of carbonyl (C=O) groups excluding carboxylic acids is 1. The summed E-state index contributed by atoms with van der Waals surface area (Å²) in [4.78, 5) is 11.5.